The van der Waals surface area contributed by atoms with Gasteiger partial charge in [0.1, 0.15) is 6.10 Å². The zero-order valence-electron chi connectivity index (χ0n) is 11.1. The van der Waals surface area contributed by atoms with Gasteiger partial charge in [0.2, 0.25) is 5.91 Å². The second-order valence-corrected chi connectivity index (χ2v) is 4.74. The Morgan fingerprint density at radius 3 is 3.00 bits per heavy atom. The molecule has 1 aliphatic rings. The Bertz CT molecular complexity index is 469. The van der Waals surface area contributed by atoms with E-state index in [4.69, 9.17) is 4.74 Å². The summed E-state index contributed by atoms with van der Waals surface area (Å²) in [6, 6.07) is -0.240. The molecule has 1 fully saturated rings. The smallest absolute Gasteiger partial charge is 0.244 e. The molecule has 0 radical (unpaired) electrons. The molecule has 6 heteroatoms. The fourth-order valence-corrected chi connectivity index (χ4v) is 2.29. The third-order valence-electron chi connectivity index (χ3n) is 3.34. The van der Waals surface area contributed by atoms with Crippen LogP contribution in [0.1, 0.15) is 18.4 Å². The Balaban J connectivity index is 1.86. The van der Waals surface area contributed by atoms with Gasteiger partial charge in [0, 0.05) is 32.0 Å². The summed E-state index contributed by atoms with van der Waals surface area (Å²) in [5.41, 5.74) is 0.861. The van der Waals surface area contributed by atoms with Crippen molar-refractivity contribution in [2.45, 2.75) is 31.1 Å². The summed E-state index contributed by atoms with van der Waals surface area (Å²) in [7, 11) is 3.39. The van der Waals surface area contributed by atoms with Crippen LogP contribution in [0.5, 0.6) is 0 Å². The van der Waals surface area contributed by atoms with E-state index in [-0.39, 0.29) is 18.1 Å². The molecule has 0 saturated heterocycles. The molecule has 1 heterocycles. The molecular weight excluding hydrogens is 246 g/mol. The van der Waals surface area contributed by atoms with Crippen molar-refractivity contribution in [3.63, 3.8) is 0 Å². The highest BCUT2D eigenvalue weighted by atomic mass is 16.5. The van der Waals surface area contributed by atoms with Gasteiger partial charge in [-0.1, -0.05) is 0 Å². The highest BCUT2D eigenvalue weighted by Gasteiger charge is 2.35. The molecule has 0 spiro atoms. The first-order valence-electron chi connectivity index (χ1n) is 6.28. The third kappa shape index (κ3) is 3.42. The van der Waals surface area contributed by atoms with Crippen molar-refractivity contribution in [1.29, 1.82) is 0 Å². The van der Waals surface area contributed by atoms with E-state index in [1.807, 2.05) is 13.2 Å². The minimum Gasteiger partial charge on any atom is -0.388 e. The number of hydrogen-bond donors (Lipinski definition) is 2. The quantitative estimate of drug-likeness (QED) is 0.756. The standard InChI is InChI=1S/C13H19N3O3/c1-16-8-9(7-14-16)3-6-12(17)15-10-4-5-11(19-2)13(10)18/h3,6-8,10-11,13,18H,4-5H2,1-2H3,(H,15,17)/b6-3+/t10-,11-,13-/m1/s1. The van der Waals surface area contributed by atoms with Gasteiger partial charge in [-0.05, 0) is 18.9 Å². The van der Waals surface area contributed by atoms with Crippen molar-refractivity contribution in [2.24, 2.45) is 7.05 Å². The lowest BCUT2D eigenvalue weighted by molar-refractivity contribution is -0.118. The maximum Gasteiger partial charge on any atom is 0.244 e. The summed E-state index contributed by atoms with van der Waals surface area (Å²) in [6.07, 6.45) is 7.29. The summed E-state index contributed by atoms with van der Waals surface area (Å²) in [4.78, 5) is 11.7. The zero-order chi connectivity index (χ0) is 13.8. The van der Waals surface area contributed by atoms with Gasteiger partial charge in [0.25, 0.3) is 0 Å². The van der Waals surface area contributed by atoms with E-state index in [1.54, 1.807) is 24.1 Å². The molecule has 0 unspecified atom stereocenters. The van der Waals surface area contributed by atoms with Crippen LogP contribution in [-0.4, -0.2) is 46.2 Å². The van der Waals surface area contributed by atoms with Gasteiger partial charge in [-0.2, -0.15) is 5.10 Å². The molecule has 1 aliphatic carbocycles. The lowest BCUT2D eigenvalue weighted by atomic mass is 10.2. The zero-order valence-corrected chi connectivity index (χ0v) is 11.1. The van der Waals surface area contributed by atoms with Gasteiger partial charge < -0.3 is 15.2 Å². The number of aryl methyl sites for hydroxylation is 1. The van der Waals surface area contributed by atoms with Gasteiger partial charge in [-0.3, -0.25) is 9.48 Å². The molecule has 2 N–H and O–H groups in total. The second kappa shape index (κ2) is 5.99. The average Bonchev–Trinajstić information content (AvgIpc) is 2.95. The number of rotatable bonds is 4. The van der Waals surface area contributed by atoms with Crippen molar-refractivity contribution in [3.8, 4) is 0 Å². The van der Waals surface area contributed by atoms with Crippen LogP contribution in [0.3, 0.4) is 0 Å². The minimum atomic E-state index is -0.638. The van der Waals surface area contributed by atoms with Gasteiger partial charge >= 0.3 is 0 Å². The molecule has 104 valence electrons. The third-order valence-corrected chi connectivity index (χ3v) is 3.34. The first kappa shape index (κ1) is 13.8. The van der Waals surface area contributed by atoms with Gasteiger partial charge in [-0.25, -0.2) is 0 Å². The molecular formula is C13H19N3O3. The van der Waals surface area contributed by atoms with E-state index in [1.165, 1.54) is 6.08 Å². The number of carbonyl (C=O) groups is 1. The highest BCUT2D eigenvalue weighted by Crippen LogP contribution is 2.22. The van der Waals surface area contributed by atoms with Crippen molar-refractivity contribution in [1.82, 2.24) is 15.1 Å². The summed E-state index contributed by atoms with van der Waals surface area (Å²) in [5, 5.41) is 16.7. The van der Waals surface area contributed by atoms with Crippen LogP contribution >= 0.6 is 0 Å². The van der Waals surface area contributed by atoms with Crippen LogP contribution < -0.4 is 5.32 Å². The van der Waals surface area contributed by atoms with Crippen LogP contribution in [0.2, 0.25) is 0 Å². The van der Waals surface area contributed by atoms with Crippen LogP contribution in [0.25, 0.3) is 6.08 Å². The van der Waals surface area contributed by atoms with Gasteiger partial charge in [0.15, 0.2) is 0 Å². The van der Waals surface area contributed by atoms with E-state index in [0.29, 0.717) is 0 Å². The molecule has 6 nitrogen and oxygen atoms in total. The molecule has 3 atom stereocenters. The van der Waals surface area contributed by atoms with Crippen LogP contribution in [-0.2, 0) is 16.6 Å². The number of aliphatic hydroxyl groups is 1. The lowest BCUT2D eigenvalue weighted by Crippen LogP contribution is -2.42. The molecule has 0 aromatic carbocycles. The predicted molar refractivity (Wildman–Crippen MR) is 70.2 cm³/mol. The van der Waals surface area contributed by atoms with Crippen molar-refractivity contribution >= 4 is 12.0 Å². The topological polar surface area (TPSA) is 76.4 Å². The number of nitrogens with one attached hydrogen (secondary N) is 1. The van der Waals surface area contributed by atoms with E-state index < -0.39 is 6.10 Å². The maximum absolute atomic E-state index is 11.7. The highest BCUT2D eigenvalue weighted by molar-refractivity contribution is 5.91. The number of hydrogen-bond acceptors (Lipinski definition) is 4. The van der Waals surface area contributed by atoms with Crippen LogP contribution in [0.4, 0.5) is 0 Å². The molecule has 1 saturated carbocycles. The maximum atomic E-state index is 11.7. The largest absolute Gasteiger partial charge is 0.388 e. The molecule has 1 aromatic heterocycles. The normalized spacial score (nSPS) is 27.0. The second-order valence-electron chi connectivity index (χ2n) is 4.74. The Morgan fingerprint density at radius 2 is 2.42 bits per heavy atom. The SMILES string of the molecule is CO[C@@H]1CC[C@@H](NC(=O)/C=C/c2cnn(C)c2)[C@H]1O. The predicted octanol–water partition coefficient (Wildman–Crippen LogP) is 0.0878. The number of ether oxygens (including phenoxy) is 1. The minimum absolute atomic E-state index is 0.187. The molecule has 19 heavy (non-hydrogen) atoms. The summed E-state index contributed by atoms with van der Waals surface area (Å²) < 4.78 is 6.81. The number of aliphatic hydroxyl groups excluding tert-OH is 1. The molecule has 2 rings (SSSR count). The number of methoxy groups -OCH3 is 1. The number of amides is 1. The fraction of sp³-hybridized carbons (Fsp3) is 0.538. The number of nitrogens with zero attached hydrogens (tertiary/aromatic N) is 2. The Kier molecular flexibility index (Phi) is 4.34. The number of carbonyl (C=O) groups excluding carboxylic acids is 1. The average molecular weight is 265 g/mol. The van der Waals surface area contributed by atoms with Crippen molar-refractivity contribution < 1.29 is 14.6 Å². The Hall–Kier alpha value is -1.66. The molecule has 1 aromatic rings. The first-order chi connectivity index (χ1) is 9.10. The molecule has 0 aliphatic heterocycles. The first-order valence-corrected chi connectivity index (χ1v) is 6.28. The Labute approximate surface area is 112 Å². The van der Waals surface area contributed by atoms with E-state index >= 15 is 0 Å². The van der Waals surface area contributed by atoms with E-state index in [0.717, 1.165) is 18.4 Å². The molecule has 0 bridgehead atoms. The van der Waals surface area contributed by atoms with E-state index in [9.17, 15) is 9.90 Å². The van der Waals surface area contributed by atoms with Crippen molar-refractivity contribution in [3.05, 3.63) is 24.0 Å². The van der Waals surface area contributed by atoms with Gasteiger partial charge in [0.05, 0.1) is 18.3 Å². The number of aromatic nitrogens is 2. The molecule has 1 amide bonds. The summed E-state index contributed by atoms with van der Waals surface area (Å²) >= 11 is 0. The van der Waals surface area contributed by atoms with Crippen molar-refractivity contribution in [2.75, 3.05) is 7.11 Å². The van der Waals surface area contributed by atoms with Gasteiger partial charge in [-0.15, -0.1) is 0 Å². The van der Waals surface area contributed by atoms with Crippen LogP contribution in [0, 0.1) is 0 Å². The monoisotopic (exact) mass is 265 g/mol. The summed E-state index contributed by atoms with van der Waals surface area (Å²) in [6.45, 7) is 0. The van der Waals surface area contributed by atoms with Crippen LogP contribution in [0.15, 0.2) is 18.5 Å². The fourth-order valence-electron chi connectivity index (χ4n) is 2.29. The lowest BCUT2D eigenvalue weighted by Gasteiger charge is -2.18. The van der Waals surface area contributed by atoms with E-state index in [2.05, 4.69) is 10.4 Å². The summed E-state index contributed by atoms with van der Waals surface area (Å²) in [5.74, 6) is -0.218. The Morgan fingerprint density at radius 1 is 1.63 bits per heavy atom.